The summed E-state index contributed by atoms with van der Waals surface area (Å²) in [4.78, 5) is 8.28. The van der Waals surface area contributed by atoms with Crippen molar-refractivity contribution in [1.82, 2.24) is 9.97 Å². The lowest BCUT2D eigenvalue weighted by Gasteiger charge is -2.03. The van der Waals surface area contributed by atoms with E-state index in [1.54, 1.807) is 12.3 Å². The topological polar surface area (TPSA) is 55.2 Å². The Bertz CT molecular complexity index is 574. The molecule has 1 fully saturated rings. The summed E-state index contributed by atoms with van der Waals surface area (Å²) in [6, 6.07) is 7.63. The number of nitrogens with zero attached hydrogens (tertiary/aromatic N) is 2. The first-order valence-corrected chi connectivity index (χ1v) is 6.87. The SMILES string of the molecule is CC1C(COCc2ccccn2)C1c1cncc(O)c1. The van der Waals surface area contributed by atoms with Gasteiger partial charge in [0.2, 0.25) is 0 Å². The molecule has 0 aliphatic heterocycles. The summed E-state index contributed by atoms with van der Waals surface area (Å²) in [5, 5.41) is 9.48. The predicted molar refractivity (Wildman–Crippen MR) is 75.2 cm³/mol. The van der Waals surface area contributed by atoms with Gasteiger partial charge in [-0.1, -0.05) is 13.0 Å². The quantitative estimate of drug-likeness (QED) is 0.907. The lowest BCUT2D eigenvalue weighted by atomic mass is 10.1. The van der Waals surface area contributed by atoms with Crippen LogP contribution in [0.3, 0.4) is 0 Å². The summed E-state index contributed by atoms with van der Waals surface area (Å²) >= 11 is 0. The highest BCUT2D eigenvalue weighted by Gasteiger charge is 2.47. The maximum Gasteiger partial charge on any atom is 0.134 e. The van der Waals surface area contributed by atoms with Crippen molar-refractivity contribution in [3.05, 3.63) is 54.1 Å². The van der Waals surface area contributed by atoms with Gasteiger partial charge in [0.1, 0.15) is 5.75 Å². The van der Waals surface area contributed by atoms with E-state index >= 15 is 0 Å². The minimum atomic E-state index is 0.231. The molecule has 0 amide bonds. The molecular formula is C16H18N2O2. The Hall–Kier alpha value is -1.94. The summed E-state index contributed by atoms with van der Waals surface area (Å²) in [5.74, 6) is 1.75. The van der Waals surface area contributed by atoms with Crippen LogP contribution in [0.2, 0.25) is 0 Å². The van der Waals surface area contributed by atoms with E-state index in [9.17, 15) is 5.11 Å². The zero-order chi connectivity index (χ0) is 13.9. The molecule has 0 bridgehead atoms. The van der Waals surface area contributed by atoms with Gasteiger partial charge in [0.05, 0.1) is 25.1 Å². The van der Waals surface area contributed by atoms with Crippen LogP contribution in [0.25, 0.3) is 0 Å². The number of hydrogen-bond donors (Lipinski definition) is 1. The maximum absolute atomic E-state index is 9.48. The van der Waals surface area contributed by atoms with E-state index in [1.807, 2.05) is 24.4 Å². The van der Waals surface area contributed by atoms with Crippen molar-refractivity contribution in [3.8, 4) is 5.75 Å². The second-order valence-corrected chi connectivity index (χ2v) is 5.36. The van der Waals surface area contributed by atoms with Crippen LogP contribution in [0.15, 0.2) is 42.9 Å². The average molecular weight is 270 g/mol. The molecule has 1 N–H and O–H groups in total. The summed E-state index contributed by atoms with van der Waals surface area (Å²) < 4.78 is 5.75. The van der Waals surface area contributed by atoms with Crippen molar-refractivity contribution in [2.45, 2.75) is 19.4 Å². The second-order valence-electron chi connectivity index (χ2n) is 5.36. The van der Waals surface area contributed by atoms with E-state index in [-0.39, 0.29) is 5.75 Å². The molecular weight excluding hydrogens is 252 g/mol. The molecule has 2 aromatic heterocycles. The molecule has 1 saturated carbocycles. The molecule has 0 radical (unpaired) electrons. The molecule has 3 unspecified atom stereocenters. The van der Waals surface area contributed by atoms with Crippen molar-refractivity contribution in [2.24, 2.45) is 11.8 Å². The third-order valence-electron chi connectivity index (χ3n) is 3.98. The third-order valence-corrected chi connectivity index (χ3v) is 3.98. The second kappa shape index (κ2) is 5.59. The summed E-state index contributed by atoms with van der Waals surface area (Å²) in [7, 11) is 0. The Balaban J connectivity index is 1.52. The molecule has 4 heteroatoms. The molecule has 2 heterocycles. The standard InChI is InChI=1S/C16H18N2O2/c1-11-15(10-20-9-13-4-2-3-5-18-13)16(11)12-6-14(19)8-17-7-12/h2-8,11,15-16,19H,9-10H2,1H3. The van der Waals surface area contributed by atoms with Gasteiger partial charge in [-0.3, -0.25) is 9.97 Å². The molecule has 4 nitrogen and oxygen atoms in total. The van der Waals surface area contributed by atoms with Crippen LogP contribution in [0.4, 0.5) is 0 Å². The molecule has 1 aliphatic rings. The Morgan fingerprint density at radius 1 is 1.30 bits per heavy atom. The van der Waals surface area contributed by atoms with Crippen molar-refractivity contribution in [2.75, 3.05) is 6.61 Å². The monoisotopic (exact) mass is 270 g/mol. The molecule has 1 aliphatic carbocycles. The van der Waals surface area contributed by atoms with E-state index in [4.69, 9.17) is 4.74 Å². The summed E-state index contributed by atoms with van der Waals surface area (Å²) in [5.41, 5.74) is 2.06. The fourth-order valence-corrected chi connectivity index (χ4v) is 2.76. The van der Waals surface area contributed by atoms with Gasteiger partial charge in [0, 0.05) is 12.4 Å². The first kappa shape index (κ1) is 13.1. The van der Waals surface area contributed by atoms with Crippen LogP contribution >= 0.6 is 0 Å². The molecule has 2 aromatic rings. The highest BCUT2D eigenvalue weighted by atomic mass is 16.5. The molecule has 0 aromatic carbocycles. The van der Waals surface area contributed by atoms with E-state index in [1.165, 1.54) is 6.20 Å². The van der Waals surface area contributed by atoms with E-state index in [0.717, 1.165) is 17.9 Å². The van der Waals surface area contributed by atoms with Crippen molar-refractivity contribution in [1.29, 1.82) is 0 Å². The van der Waals surface area contributed by atoms with E-state index in [0.29, 0.717) is 24.4 Å². The van der Waals surface area contributed by atoms with Gasteiger partial charge in [-0.25, -0.2) is 0 Å². The maximum atomic E-state index is 9.48. The Morgan fingerprint density at radius 3 is 2.95 bits per heavy atom. The fourth-order valence-electron chi connectivity index (χ4n) is 2.76. The minimum Gasteiger partial charge on any atom is -0.506 e. The predicted octanol–water partition coefficient (Wildman–Crippen LogP) is 2.75. The molecule has 0 saturated heterocycles. The van der Waals surface area contributed by atoms with Crippen LogP contribution in [-0.4, -0.2) is 21.7 Å². The molecule has 3 rings (SSSR count). The lowest BCUT2D eigenvalue weighted by molar-refractivity contribution is 0.105. The first-order valence-electron chi connectivity index (χ1n) is 6.87. The number of aromatic hydroxyl groups is 1. The van der Waals surface area contributed by atoms with Gasteiger partial charge in [-0.05, 0) is 41.5 Å². The Labute approximate surface area is 118 Å². The number of pyridine rings is 2. The Morgan fingerprint density at radius 2 is 2.20 bits per heavy atom. The largest absolute Gasteiger partial charge is 0.506 e. The number of aromatic nitrogens is 2. The normalized spacial score (nSPS) is 24.6. The zero-order valence-corrected chi connectivity index (χ0v) is 11.4. The number of ether oxygens (including phenoxy) is 1. The fraction of sp³-hybridized carbons (Fsp3) is 0.375. The van der Waals surface area contributed by atoms with Crippen molar-refractivity contribution >= 4 is 0 Å². The smallest absolute Gasteiger partial charge is 0.134 e. The third kappa shape index (κ3) is 2.80. The Kier molecular flexibility index (Phi) is 3.65. The van der Waals surface area contributed by atoms with E-state index in [2.05, 4.69) is 16.9 Å². The summed E-state index contributed by atoms with van der Waals surface area (Å²) in [6.07, 6.45) is 5.07. The van der Waals surface area contributed by atoms with Crippen LogP contribution < -0.4 is 0 Å². The van der Waals surface area contributed by atoms with Gasteiger partial charge in [-0.2, -0.15) is 0 Å². The first-order chi connectivity index (χ1) is 9.75. The zero-order valence-electron chi connectivity index (χ0n) is 11.4. The van der Waals surface area contributed by atoms with Crippen molar-refractivity contribution < 1.29 is 9.84 Å². The molecule has 20 heavy (non-hydrogen) atoms. The lowest BCUT2D eigenvalue weighted by Crippen LogP contribution is -2.00. The van der Waals surface area contributed by atoms with Gasteiger partial charge < -0.3 is 9.84 Å². The van der Waals surface area contributed by atoms with Crippen LogP contribution in [0.5, 0.6) is 5.75 Å². The van der Waals surface area contributed by atoms with Crippen LogP contribution in [0.1, 0.15) is 24.1 Å². The highest BCUT2D eigenvalue weighted by molar-refractivity contribution is 5.30. The number of rotatable bonds is 5. The highest BCUT2D eigenvalue weighted by Crippen LogP contribution is 2.53. The average Bonchev–Trinajstić information content (AvgIpc) is 3.10. The number of hydrogen-bond acceptors (Lipinski definition) is 4. The van der Waals surface area contributed by atoms with E-state index < -0.39 is 0 Å². The minimum absolute atomic E-state index is 0.231. The van der Waals surface area contributed by atoms with Gasteiger partial charge in [0.15, 0.2) is 0 Å². The summed E-state index contributed by atoms with van der Waals surface area (Å²) in [6.45, 7) is 3.48. The van der Waals surface area contributed by atoms with Crippen LogP contribution in [0, 0.1) is 11.8 Å². The van der Waals surface area contributed by atoms with Gasteiger partial charge in [-0.15, -0.1) is 0 Å². The van der Waals surface area contributed by atoms with Gasteiger partial charge >= 0.3 is 0 Å². The molecule has 0 spiro atoms. The molecule has 3 atom stereocenters. The van der Waals surface area contributed by atoms with Crippen LogP contribution in [-0.2, 0) is 11.3 Å². The molecule has 104 valence electrons. The van der Waals surface area contributed by atoms with Crippen molar-refractivity contribution in [3.63, 3.8) is 0 Å². The van der Waals surface area contributed by atoms with Gasteiger partial charge in [0.25, 0.3) is 0 Å².